The van der Waals surface area contributed by atoms with Crippen molar-refractivity contribution in [2.75, 3.05) is 13.1 Å². The molecule has 0 saturated carbocycles. The molecule has 3 atom stereocenters. The summed E-state index contributed by atoms with van der Waals surface area (Å²) in [6.45, 7) is 2.76. The average Bonchev–Trinajstić information content (AvgIpc) is 3.27. The Hall–Kier alpha value is -3.21. The summed E-state index contributed by atoms with van der Waals surface area (Å²) in [7, 11) is 0. The number of nitrogens with zero attached hydrogens (tertiary/aromatic N) is 4. The predicted octanol–water partition coefficient (Wildman–Crippen LogP) is 5.12. The number of aromatic nitrogens is 2. The van der Waals surface area contributed by atoms with E-state index in [-0.39, 0.29) is 23.8 Å². The van der Waals surface area contributed by atoms with Gasteiger partial charge in [0.15, 0.2) is 0 Å². The van der Waals surface area contributed by atoms with Crippen LogP contribution in [0.5, 0.6) is 5.88 Å². The van der Waals surface area contributed by atoms with Crippen molar-refractivity contribution in [1.29, 1.82) is 5.26 Å². The molecule has 0 aliphatic carbocycles. The number of hydrogen-bond donors (Lipinski definition) is 0. The van der Waals surface area contributed by atoms with Crippen molar-refractivity contribution in [2.24, 2.45) is 5.92 Å². The second-order valence-electron chi connectivity index (χ2n) is 7.84. The number of pyridine rings is 2. The largest absolute Gasteiger partial charge is 0.474 e. The molecule has 1 saturated heterocycles. The molecule has 1 fully saturated rings. The molecule has 0 unspecified atom stereocenters. The van der Waals surface area contributed by atoms with E-state index in [0.29, 0.717) is 40.1 Å². The van der Waals surface area contributed by atoms with Gasteiger partial charge in [-0.2, -0.15) is 9.65 Å². The minimum Gasteiger partial charge on any atom is -0.474 e. The average molecular weight is 485 g/mol. The first-order chi connectivity index (χ1) is 15.9. The van der Waals surface area contributed by atoms with Crippen LogP contribution in [0.25, 0.3) is 0 Å². The van der Waals surface area contributed by atoms with Gasteiger partial charge < -0.3 is 9.64 Å². The quantitative estimate of drug-likeness (QED) is 0.469. The number of carbonyl (C=O) groups is 1. The number of halogens is 3. The molecule has 3 aromatic rings. The molecule has 168 valence electrons. The van der Waals surface area contributed by atoms with Crippen LogP contribution in [0.15, 0.2) is 54.9 Å². The monoisotopic (exact) mass is 484 g/mol. The highest BCUT2D eigenvalue weighted by Crippen LogP contribution is 2.38. The molecule has 0 spiro atoms. The van der Waals surface area contributed by atoms with Crippen molar-refractivity contribution >= 4 is 29.1 Å². The lowest BCUT2D eigenvalue weighted by atomic mass is 9.86. The van der Waals surface area contributed by atoms with Gasteiger partial charge in [0, 0.05) is 43.4 Å². The van der Waals surface area contributed by atoms with Crippen LogP contribution < -0.4 is 4.74 Å². The van der Waals surface area contributed by atoms with Gasteiger partial charge in [0.1, 0.15) is 12.2 Å². The molecule has 1 aromatic carbocycles. The molecular weight excluding hydrogens is 466 g/mol. The third-order valence-electron chi connectivity index (χ3n) is 5.77. The third-order valence-corrected chi connectivity index (χ3v) is 6.51. The Bertz CT molecular complexity index is 1200. The van der Waals surface area contributed by atoms with Gasteiger partial charge in [-0.15, -0.1) is 0 Å². The molecule has 4 rings (SSSR count). The molecule has 1 aliphatic rings. The van der Waals surface area contributed by atoms with E-state index in [4.69, 9.17) is 33.2 Å². The van der Waals surface area contributed by atoms with Crippen LogP contribution in [0.3, 0.4) is 0 Å². The zero-order valence-electron chi connectivity index (χ0n) is 17.6. The van der Waals surface area contributed by atoms with Crippen LogP contribution in [-0.4, -0.2) is 40.0 Å². The number of benzene rings is 1. The van der Waals surface area contributed by atoms with E-state index in [1.54, 1.807) is 23.1 Å². The lowest BCUT2D eigenvalue weighted by Crippen LogP contribution is -2.32. The Morgan fingerprint density at radius 2 is 1.97 bits per heavy atom. The summed E-state index contributed by atoms with van der Waals surface area (Å²) in [4.78, 5) is 22.6. The Morgan fingerprint density at radius 1 is 1.15 bits per heavy atom. The number of hydrogen-bond acceptors (Lipinski definition) is 5. The molecule has 9 heteroatoms. The molecule has 1 aliphatic heterocycles. The van der Waals surface area contributed by atoms with Gasteiger partial charge in [0.25, 0.3) is 5.91 Å². The molecule has 2 aromatic heterocycles. The summed E-state index contributed by atoms with van der Waals surface area (Å²) >= 11 is 12.4. The summed E-state index contributed by atoms with van der Waals surface area (Å²) in [6, 6.07) is 13.3. The summed E-state index contributed by atoms with van der Waals surface area (Å²) in [5.74, 6) is -0.653. The first-order valence-electron chi connectivity index (χ1n) is 10.2. The topological polar surface area (TPSA) is 79.1 Å². The van der Waals surface area contributed by atoms with E-state index in [9.17, 15) is 9.18 Å². The van der Waals surface area contributed by atoms with Gasteiger partial charge in [0.05, 0.1) is 21.2 Å². The van der Waals surface area contributed by atoms with Crippen molar-refractivity contribution in [3.63, 3.8) is 0 Å². The van der Waals surface area contributed by atoms with E-state index in [1.807, 2.05) is 25.1 Å². The van der Waals surface area contributed by atoms with Gasteiger partial charge in [-0.25, -0.2) is 9.97 Å². The van der Waals surface area contributed by atoms with Crippen molar-refractivity contribution < 1.29 is 13.9 Å². The summed E-state index contributed by atoms with van der Waals surface area (Å²) in [6.07, 6.45) is 2.37. The summed E-state index contributed by atoms with van der Waals surface area (Å²) in [5.41, 5.74) is 1.69. The maximum Gasteiger partial charge on any atom is 0.255 e. The van der Waals surface area contributed by atoms with Crippen LogP contribution in [0.4, 0.5) is 4.39 Å². The van der Waals surface area contributed by atoms with Gasteiger partial charge in [-0.05, 0) is 42.8 Å². The van der Waals surface area contributed by atoms with Crippen LogP contribution in [0.2, 0.25) is 10.0 Å². The lowest BCUT2D eigenvalue weighted by Gasteiger charge is -2.25. The lowest BCUT2D eigenvalue weighted by molar-refractivity contribution is 0.0769. The second-order valence-corrected chi connectivity index (χ2v) is 8.66. The van der Waals surface area contributed by atoms with Crippen molar-refractivity contribution in [3.8, 4) is 11.9 Å². The maximum absolute atomic E-state index is 13.2. The highest BCUT2D eigenvalue weighted by Gasteiger charge is 2.40. The first-order valence-corrected chi connectivity index (χ1v) is 11.0. The number of nitriles is 1. The minimum absolute atomic E-state index is 0.0782. The number of amides is 1. The number of carbonyl (C=O) groups excluding carboxylic acids is 1. The van der Waals surface area contributed by atoms with E-state index in [2.05, 4.69) is 9.97 Å². The van der Waals surface area contributed by atoms with Gasteiger partial charge in [-0.1, -0.05) is 29.3 Å². The van der Waals surface area contributed by atoms with E-state index >= 15 is 0 Å². The highest BCUT2D eigenvalue weighted by atomic mass is 35.5. The zero-order valence-corrected chi connectivity index (χ0v) is 19.1. The van der Waals surface area contributed by atoms with Gasteiger partial charge in [0.2, 0.25) is 11.8 Å². The SMILES string of the molecule is C[C@H](Oc1ccc(C#N)cn1)[C@H]1CN(C(=O)c2ccc(F)nc2)C[C@@H]1c1ccc(Cl)c(Cl)c1. The summed E-state index contributed by atoms with van der Waals surface area (Å²) < 4.78 is 19.3. The van der Waals surface area contributed by atoms with E-state index in [1.165, 1.54) is 24.5 Å². The molecule has 33 heavy (non-hydrogen) atoms. The fraction of sp³-hybridized carbons (Fsp3) is 0.250. The minimum atomic E-state index is -0.642. The fourth-order valence-electron chi connectivity index (χ4n) is 4.05. The van der Waals surface area contributed by atoms with E-state index < -0.39 is 5.95 Å². The Balaban J connectivity index is 1.60. The third kappa shape index (κ3) is 5.08. The number of rotatable bonds is 5. The number of ether oxygens (including phenoxy) is 1. The van der Waals surface area contributed by atoms with E-state index in [0.717, 1.165) is 5.56 Å². The molecule has 0 N–H and O–H groups in total. The van der Waals surface area contributed by atoms with Crippen LogP contribution in [-0.2, 0) is 0 Å². The normalized spacial score (nSPS) is 18.6. The summed E-state index contributed by atoms with van der Waals surface area (Å²) in [5, 5.41) is 9.85. The first kappa shape index (κ1) is 23.0. The second kappa shape index (κ2) is 9.74. The van der Waals surface area contributed by atoms with Crippen molar-refractivity contribution in [3.05, 3.63) is 87.5 Å². The molecule has 1 amide bonds. The van der Waals surface area contributed by atoms with Crippen molar-refractivity contribution in [1.82, 2.24) is 14.9 Å². The van der Waals surface area contributed by atoms with Gasteiger partial charge >= 0.3 is 0 Å². The fourth-order valence-corrected chi connectivity index (χ4v) is 4.35. The van der Waals surface area contributed by atoms with Crippen LogP contribution in [0.1, 0.15) is 34.3 Å². The number of likely N-dealkylation sites (tertiary alicyclic amines) is 1. The maximum atomic E-state index is 13.2. The zero-order chi connectivity index (χ0) is 23.5. The Kier molecular flexibility index (Phi) is 6.77. The van der Waals surface area contributed by atoms with Gasteiger partial charge in [-0.3, -0.25) is 4.79 Å². The highest BCUT2D eigenvalue weighted by molar-refractivity contribution is 6.42. The van der Waals surface area contributed by atoms with Crippen LogP contribution >= 0.6 is 23.2 Å². The molecule has 0 bridgehead atoms. The Labute approximate surface area is 200 Å². The smallest absolute Gasteiger partial charge is 0.255 e. The molecule has 3 heterocycles. The molecular formula is C24H19Cl2FN4O2. The standard InChI is InChI=1S/C24H19Cl2FN4O2/c1-14(33-23-7-2-15(9-28)10-30-23)18-12-31(24(32)17-4-6-22(27)29-11-17)13-19(18)16-3-5-20(25)21(26)8-16/h2-8,10-11,14,18-19H,12-13H2,1H3/t14-,18+,19+/m0/s1. The molecule has 6 nitrogen and oxygen atoms in total. The molecule has 0 radical (unpaired) electrons. The van der Waals surface area contributed by atoms with Crippen molar-refractivity contribution in [2.45, 2.75) is 18.9 Å². The predicted molar refractivity (Wildman–Crippen MR) is 122 cm³/mol. The van der Waals surface area contributed by atoms with Crippen LogP contribution in [0, 0.1) is 23.2 Å². The Morgan fingerprint density at radius 3 is 2.61 bits per heavy atom.